The van der Waals surface area contributed by atoms with Crippen LogP contribution in [0.15, 0.2) is 24.3 Å². The van der Waals surface area contributed by atoms with Crippen LogP contribution in [-0.2, 0) is 14.3 Å². The minimum atomic E-state index is -3.39. The van der Waals surface area contributed by atoms with Crippen molar-refractivity contribution in [3.63, 3.8) is 0 Å². The molecule has 0 bridgehead atoms. The fraction of sp³-hybridized carbons (Fsp3) is 0.273. The Bertz CT molecular complexity index is 494. The molecule has 1 aromatic carbocycles. The lowest BCUT2D eigenvalue weighted by Gasteiger charge is -1.95. The summed E-state index contributed by atoms with van der Waals surface area (Å²) in [5.41, 5.74) is 0.681. The highest BCUT2D eigenvalue weighted by molar-refractivity contribution is 7.85. The second-order valence-electron chi connectivity index (χ2n) is 3.08. The van der Waals surface area contributed by atoms with Crippen molar-refractivity contribution in [2.45, 2.75) is 6.42 Å². The molecule has 0 saturated carbocycles. The largest absolute Gasteiger partial charge is 0.269 e. The molecule has 86 valence electrons. The first-order valence-electron chi connectivity index (χ1n) is 4.56. The molecular formula is C11H11FO3S. The van der Waals surface area contributed by atoms with Crippen molar-refractivity contribution < 1.29 is 17.0 Å². The van der Waals surface area contributed by atoms with Crippen molar-refractivity contribution >= 4 is 10.1 Å². The first-order chi connectivity index (χ1) is 7.47. The molecule has 0 saturated heterocycles. The Labute approximate surface area is 94.4 Å². The van der Waals surface area contributed by atoms with Gasteiger partial charge >= 0.3 is 0 Å². The van der Waals surface area contributed by atoms with E-state index in [1.165, 1.54) is 12.1 Å². The van der Waals surface area contributed by atoms with Gasteiger partial charge in [-0.1, -0.05) is 11.8 Å². The molecule has 3 nitrogen and oxygen atoms in total. The Morgan fingerprint density at radius 1 is 1.31 bits per heavy atom. The highest BCUT2D eigenvalue weighted by Crippen LogP contribution is 2.00. The van der Waals surface area contributed by atoms with Gasteiger partial charge < -0.3 is 0 Å². The Kier molecular flexibility index (Phi) is 4.47. The van der Waals surface area contributed by atoms with Crippen LogP contribution in [0, 0.1) is 17.7 Å². The van der Waals surface area contributed by atoms with Crippen LogP contribution in [-0.4, -0.2) is 21.3 Å². The zero-order valence-electron chi connectivity index (χ0n) is 8.73. The maximum atomic E-state index is 12.5. The summed E-state index contributed by atoms with van der Waals surface area (Å²) in [6, 6.07) is 5.74. The number of benzene rings is 1. The third-order valence-corrected chi connectivity index (χ3v) is 2.20. The lowest BCUT2D eigenvalue weighted by Crippen LogP contribution is -2.03. The van der Waals surface area contributed by atoms with E-state index in [0.29, 0.717) is 12.0 Å². The van der Waals surface area contributed by atoms with E-state index in [1.54, 1.807) is 12.1 Å². The average Bonchev–Trinajstić information content (AvgIpc) is 2.19. The van der Waals surface area contributed by atoms with Gasteiger partial charge in [0.05, 0.1) is 12.9 Å². The Morgan fingerprint density at radius 3 is 2.50 bits per heavy atom. The molecule has 0 amide bonds. The summed E-state index contributed by atoms with van der Waals surface area (Å²) >= 11 is 0. The number of hydrogen-bond donors (Lipinski definition) is 0. The van der Waals surface area contributed by atoms with E-state index < -0.39 is 10.1 Å². The van der Waals surface area contributed by atoms with Crippen LogP contribution in [0.25, 0.3) is 0 Å². The van der Waals surface area contributed by atoms with E-state index in [0.717, 1.165) is 6.26 Å². The quantitative estimate of drug-likeness (QED) is 0.459. The van der Waals surface area contributed by atoms with Crippen LogP contribution in [0.4, 0.5) is 4.39 Å². The van der Waals surface area contributed by atoms with Gasteiger partial charge in [0.25, 0.3) is 10.1 Å². The molecule has 1 aromatic rings. The molecule has 0 spiro atoms. The van der Waals surface area contributed by atoms with Crippen LogP contribution in [0.5, 0.6) is 0 Å². The Hall–Kier alpha value is -1.38. The lowest BCUT2D eigenvalue weighted by molar-refractivity contribution is 0.330. The molecular weight excluding hydrogens is 231 g/mol. The minimum Gasteiger partial charge on any atom is -0.269 e. The van der Waals surface area contributed by atoms with Gasteiger partial charge in [-0.2, -0.15) is 8.42 Å². The first-order valence-corrected chi connectivity index (χ1v) is 6.38. The molecule has 0 aromatic heterocycles. The summed E-state index contributed by atoms with van der Waals surface area (Å²) in [6.07, 6.45) is 1.30. The predicted molar refractivity (Wildman–Crippen MR) is 58.7 cm³/mol. The molecule has 0 radical (unpaired) electrons. The molecule has 0 unspecified atom stereocenters. The summed E-state index contributed by atoms with van der Waals surface area (Å²) in [5.74, 6) is 5.18. The van der Waals surface area contributed by atoms with E-state index in [4.69, 9.17) is 0 Å². The number of hydrogen-bond acceptors (Lipinski definition) is 3. The standard InChI is InChI=1S/C11H11FO3S/c1-16(13,14)15-9-3-2-4-10-5-7-11(12)8-6-10/h5-8H,3,9H2,1H3. The Balaban J connectivity index is 2.41. The fourth-order valence-electron chi connectivity index (χ4n) is 0.942. The van der Waals surface area contributed by atoms with Crippen molar-refractivity contribution in [1.29, 1.82) is 0 Å². The molecule has 5 heteroatoms. The average molecular weight is 242 g/mol. The lowest BCUT2D eigenvalue weighted by atomic mass is 10.2. The van der Waals surface area contributed by atoms with Crippen LogP contribution in [0.2, 0.25) is 0 Å². The van der Waals surface area contributed by atoms with Crippen molar-refractivity contribution in [1.82, 2.24) is 0 Å². The van der Waals surface area contributed by atoms with Crippen LogP contribution in [0.3, 0.4) is 0 Å². The van der Waals surface area contributed by atoms with Gasteiger partial charge in [0.1, 0.15) is 5.82 Å². The van der Waals surface area contributed by atoms with E-state index in [1.807, 2.05) is 0 Å². The summed E-state index contributed by atoms with van der Waals surface area (Å²) in [5, 5.41) is 0. The second kappa shape index (κ2) is 5.64. The minimum absolute atomic E-state index is 0.0348. The molecule has 0 aliphatic rings. The van der Waals surface area contributed by atoms with Crippen LogP contribution in [0.1, 0.15) is 12.0 Å². The van der Waals surface area contributed by atoms with E-state index in [9.17, 15) is 12.8 Å². The summed E-state index contributed by atoms with van der Waals surface area (Å²) in [6.45, 7) is 0.0348. The van der Waals surface area contributed by atoms with Gasteiger partial charge in [0, 0.05) is 12.0 Å². The van der Waals surface area contributed by atoms with Crippen molar-refractivity contribution in [3.8, 4) is 11.8 Å². The number of halogens is 1. The van der Waals surface area contributed by atoms with Crippen molar-refractivity contribution in [3.05, 3.63) is 35.6 Å². The Morgan fingerprint density at radius 2 is 1.94 bits per heavy atom. The zero-order valence-corrected chi connectivity index (χ0v) is 9.55. The van der Waals surface area contributed by atoms with Gasteiger partial charge in [-0.05, 0) is 24.3 Å². The highest BCUT2D eigenvalue weighted by atomic mass is 32.2. The summed E-state index contributed by atoms with van der Waals surface area (Å²) in [4.78, 5) is 0. The molecule has 0 aliphatic heterocycles. The van der Waals surface area contributed by atoms with Gasteiger partial charge in [-0.15, -0.1) is 0 Å². The monoisotopic (exact) mass is 242 g/mol. The molecule has 0 heterocycles. The zero-order chi connectivity index (χ0) is 12.0. The molecule has 0 aliphatic carbocycles. The predicted octanol–water partition coefficient (Wildman–Crippen LogP) is 1.54. The molecule has 0 fully saturated rings. The normalized spacial score (nSPS) is 10.6. The molecule has 16 heavy (non-hydrogen) atoms. The van der Waals surface area contributed by atoms with Crippen LogP contribution < -0.4 is 0 Å². The maximum absolute atomic E-state index is 12.5. The van der Waals surface area contributed by atoms with E-state index in [2.05, 4.69) is 16.0 Å². The molecule has 1 rings (SSSR count). The maximum Gasteiger partial charge on any atom is 0.264 e. The second-order valence-corrected chi connectivity index (χ2v) is 4.73. The van der Waals surface area contributed by atoms with Gasteiger partial charge in [-0.25, -0.2) is 4.39 Å². The van der Waals surface area contributed by atoms with Crippen molar-refractivity contribution in [2.24, 2.45) is 0 Å². The third kappa shape index (κ3) is 5.49. The van der Waals surface area contributed by atoms with E-state index >= 15 is 0 Å². The van der Waals surface area contributed by atoms with Gasteiger partial charge in [0.2, 0.25) is 0 Å². The smallest absolute Gasteiger partial charge is 0.264 e. The molecule has 0 atom stereocenters. The fourth-order valence-corrected chi connectivity index (χ4v) is 1.33. The SMILES string of the molecule is CS(=O)(=O)OCCC#Cc1ccc(F)cc1. The van der Waals surface area contributed by atoms with Gasteiger partial charge in [-0.3, -0.25) is 4.18 Å². The molecule has 0 N–H and O–H groups in total. The van der Waals surface area contributed by atoms with E-state index in [-0.39, 0.29) is 12.4 Å². The topological polar surface area (TPSA) is 43.4 Å². The summed E-state index contributed by atoms with van der Waals surface area (Å²) in [7, 11) is -3.39. The van der Waals surface area contributed by atoms with Gasteiger partial charge in [0.15, 0.2) is 0 Å². The number of rotatable bonds is 3. The first kappa shape index (κ1) is 12.7. The van der Waals surface area contributed by atoms with Crippen molar-refractivity contribution in [2.75, 3.05) is 12.9 Å². The van der Waals surface area contributed by atoms with Crippen LogP contribution >= 0.6 is 0 Å². The highest BCUT2D eigenvalue weighted by Gasteiger charge is 1.98. The third-order valence-electron chi connectivity index (χ3n) is 1.60. The summed E-state index contributed by atoms with van der Waals surface area (Å²) < 4.78 is 38.2.